The maximum Gasteiger partial charge on any atom is 0.339 e. The number of benzene rings is 2. The zero-order chi connectivity index (χ0) is 20.9. The number of para-hydroxylation sites is 1. The fourth-order valence-corrected chi connectivity index (χ4v) is 4.64. The molecule has 0 aromatic heterocycles. The van der Waals surface area contributed by atoms with Gasteiger partial charge in [0.1, 0.15) is 0 Å². The van der Waals surface area contributed by atoms with Gasteiger partial charge in [-0.15, -0.1) is 0 Å². The van der Waals surface area contributed by atoms with E-state index in [9.17, 15) is 18.0 Å². The molecule has 1 aliphatic rings. The average molecular weight is 417 g/mol. The second-order valence-electron chi connectivity index (χ2n) is 6.60. The van der Waals surface area contributed by atoms with Gasteiger partial charge in [-0.3, -0.25) is 0 Å². The Labute approximate surface area is 170 Å². The standard InChI is InChI=1S/C20H23N3O5S/c1-28-19(24)17-9-5-6-10-18(17)21-20(25)22-11-13-23(14-12-22)29(26,27)15-16-7-3-2-4-8-16/h2-10H,11-15H2,1H3,(H,21,25). The highest BCUT2D eigenvalue weighted by Crippen LogP contribution is 2.18. The molecule has 2 aromatic carbocycles. The second-order valence-corrected chi connectivity index (χ2v) is 8.56. The third-order valence-electron chi connectivity index (χ3n) is 4.69. The van der Waals surface area contributed by atoms with Crippen molar-refractivity contribution in [2.24, 2.45) is 0 Å². The quantitative estimate of drug-likeness (QED) is 0.752. The minimum absolute atomic E-state index is 0.0630. The molecule has 0 aliphatic carbocycles. The van der Waals surface area contributed by atoms with Crippen LogP contribution in [-0.4, -0.2) is 62.9 Å². The number of hydrogen-bond donors (Lipinski definition) is 1. The Morgan fingerprint density at radius 3 is 2.24 bits per heavy atom. The van der Waals surface area contributed by atoms with Crippen molar-refractivity contribution in [3.8, 4) is 0 Å². The summed E-state index contributed by atoms with van der Waals surface area (Å²) in [6.45, 7) is 0.975. The molecular formula is C20H23N3O5S. The van der Waals surface area contributed by atoms with Gasteiger partial charge in [0.15, 0.2) is 0 Å². The molecule has 0 radical (unpaired) electrons. The van der Waals surface area contributed by atoms with Crippen LogP contribution in [0, 0.1) is 0 Å². The average Bonchev–Trinajstić information content (AvgIpc) is 2.74. The summed E-state index contributed by atoms with van der Waals surface area (Å²) in [6.07, 6.45) is 0. The highest BCUT2D eigenvalue weighted by molar-refractivity contribution is 7.88. The van der Waals surface area contributed by atoms with Crippen LogP contribution in [-0.2, 0) is 20.5 Å². The number of nitrogens with one attached hydrogen (secondary N) is 1. The largest absolute Gasteiger partial charge is 0.465 e. The fourth-order valence-electron chi connectivity index (χ4n) is 3.12. The van der Waals surface area contributed by atoms with E-state index in [2.05, 4.69) is 5.32 Å². The molecule has 3 rings (SSSR count). The number of hydrogen-bond acceptors (Lipinski definition) is 5. The highest BCUT2D eigenvalue weighted by Gasteiger charge is 2.29. The van der Waals surface area contributed by atoms with E-state index < -0.39 is 16.0 Å². The van der Waals surface area contributed by atoms with Gasteiger partial charge in [-0.05, 0) is 17.7 Å². The summed E-state index contributed by atoms with van der Waals surface area (Å²) < 4.78 is 31.4. The molecule has 0 saturated carbocycles. The molecule has 2 amide bonds. The first-order chi connectivity index (χ1) is 13.9. The Balaban J connectivity index is 1.59. The Kier molecular flexibility index (Phi) is 6.50. The van der Waals surface area contributed by atoms with Crippen molar-refractivity contribution in [2.45, 2.75) is 5.75 Å². The van der Waals surface area contributed by atoms with E-state index in [1.54, 1.807) is 48.5 Å². The Bertz CT molecular complexity index is 971. The minimum atomic E-state index is -3.45. The molecule has 9 heteroatoms. The summed E-state index contributed by atoms with van der Waals surface area (Å²) in [5.74, 6) is -0.607. The molecule has 1 saturated heterocycles. The van der Waals surface area contributed by atoms with Crippen LogP contribution >= 0.6 is 0 Å². The number of piperazine rings is 1. The number of sulfonamides is 1. The number of amides is 2. The van der Waals surface area contributed by atoms with Crippen LogP contribution in [0.4, 0.5) is 10.5 Å². The van der Waals surface area contributed by atoms with Crippen LogP contribution in [0.25, 0.3) is 0 Å². The number of carbonyl (C=O) groups is 2. The third-order valence-corrected chi connectivity index (χ3v) is 6.54. The number of esters is 1. The van der Waals surface area contributed by atoms with E-state index >= 15 is 0 Å². The number of ether oxygens (including phenoxy) is 1. The molecular weight excluding hydrogens is 394 g/mol. The number of anilines is 1. The summed E-state index contributed by atoms with van der Waals surface area (Å²) in [7, 11) is -2.18. The molecule has 2 aromatic rings. The van der Waals surface area contributed by atoms with Crippen LogP contribution in [0.1, 0.15) is 15.9 Å². The molecule has 154 valence electrons. The van der Waals surface area contributed by atoms with E-state index in [1.807, 2.05) is 6.07 Å². The molecule has 8 nitrogen and oxygen atoms in total. The Morgan fingerprint density at radius 2 is 1.59 bits per heavy atom. The van der Waals surface area contributed by atoms with E-state index in [0.717, 1.165) is 5.56 Å². The smallest absolute Gasteiger partial charge is 0.339 e. The molecule has 1 N–H and O–H groups in total. The summed E-state index contributed by atoms with van der Waals surface area (Å²) in [5.41, 5.74) is 1.34. The third kappa shape index (κ3) is 5.12. The van der Waals surface area contributed by atoms with Gasteiger partial charge >= 0.3 is 12.0 Å². The fraction of sp³-hybridized carbons (Fsp3) is 0.300. The van der Waals surface area contributed by atoms with Gasteiger partial charge in [0, 0.05) is 26.2 Å². The second kappa shape index (κ2) is 9.06. The van der Waals surface area contributed by atoms with Crippen molar-refractivity contribution in [1.82, 2.24) is 9.21 Å². The first-order valence-electron chi connectivity index (χ1n) is 9.16. The Morgan fingerprint density at radius 1 is 0.966 bits per heavy atom. The van der Waals surface area contributed by atoms with Crippen LogP contribution in [0.3, 0.4) is 0 Å². The molecule has 0 bridgehead atoms. The SMILES string of the molecule is COC(=O)c1ccccc1NC(=O)N1CCN(S(=O)(=O)Cc2ccccc2)CC1. The summed E-state index contributed by atoms with van der Waals surface area (Å²) >= 11 is 0. The number of methoxy groups -OCH3 is 1. The lowest BCUT2D eigenvalue weighted by Gasteiger charge is -2.34. The number of rotatable bonds is 5. The maximum absolute atomic E-state index is 12.6. The molecule has 1 fully saturated rings. The molecule has 29 heavy (non-hydrogen) atoms. The van der Waals surface area contributed by atoms with E-state index in [4.69, 9.17) is 4.74 Å². The summed E-state index contributed by atoms with van der Waals surface area (Å²) in [6, 6.07) is 15.2. The normalized spacial score (nSPS) is 15.0. The minimum Gasteiger partial charge on any atom is -0.465 e. The zero-order valence-electron chi connectivity index (χ0n) is 16.1. The lowest BCUT2D eigenvalue weighted by molar-refractivity contribution is 0.0602. The monoisotopic (exact) mass is 417 g/mol. The topological polar surface area (TPSA) is 96.0 Å². The molecule has 1 heterocycles. The number of urea groups is 1. The van der Waals surface area contributed by atoms with Gasteiger partial charge < -0.3 is 15.0 Å². The summed E-state index contributed by atoms with van der Waals surface area (Å²) in [4.78, 5) is 25.9. The van der Waals surface area contributed by atoms with Gasteiger partial charge in [-0.2, -0.15) is 4.31 Å². The van der Waals surface area contributed by atoms with Gasteiger partial charge in [-0.25, -0.2) is 18.0 Å². The molecule has 0 unspecified atom stereocenters. The molecule has 0 atom stereocenters. The van der Waals surface area contributed by atoms with Gasteiger partial charge in [-0.1, -0.05) is 42.5 Å². The first kappa shape index (κ1) is 20.8. The van der Waals surface area contributed by atoms with Gasteiger partial charge in [0.25, 0.3) is 0 Å². The van der Waals surface area contributed by atoms with Crippen LogP contribution in [0.5, 0.6) is 0 Å². The Hall–Kier alpha value is -2.91. The van der Waals surface area contributed by atoms with Crippen molar-refractivity contribution in [2.75, 3.05) is 38.6 Å². The van der Waals surface area contributed by atoms with E-state index in [0.29, 0.717) is 5.69 Å². The van der Waals surface area contributed by atoms with Crippen LogP contribution in [0.2, 0.25) is 0 Å². The first-order valence-corrected chi connectivity index (χ1v) is 10.8. The maximum atomic E-state index is 12.6. The molecule has 0 spiro atoms. The highest BCUT2D eigenvalue weighted by atomic mass is 32.2. The van der Waals surface area contributed by atoms with Crippen LogP contribution < -0.4 is 5.32 Å². The van der Waals surface area contributed by atoms with E-state index in [-0.39, 0.29) is 43.5 Å². The lowest BCUT2D eigenvalue weighted by atomic mass is 10.2. The van der Waals surface area contributed by atoms with Crippen molar-refractivity contribution in [3.63, 3.8) is 0 Å². The predicted molar refractivity (Wildman–Crippen MR) is 109 cm³/mol. The van der Waals surface area contributed by atoms with Gasteiger partial charge in [0.05, 0.1) is 24.1 Å². The van der Waals surface area contributed by atoms with E-state index in [1.165, 1.54) is 16.3 Å². The van der Waals surface area contributed by atoms with Crippen molar-refractivity contribution < 1.29 is 22.7 Å². The molecule has 1 aliphatic heterocycles. The van der Waals surface area contributed by atoms with Crippen molar-refractivity contribution in [1.29, 1.82) is 0 Å². The zero-order valence-corrected chi connectivity index (χ0v) is 16.9. The number of carbonyl (C=O) groups excluding carboxylic acids is 2. The van der Waals surface area contributed by atoms with Crippen LogP contribution in [0.15, 0.2) is 54.6 Å². The van der Waals surface area contributed by atoms with Gasteiger partial charge in [0.2, 0.25) is 10.0 Å². The van der Waals surface area contributed by atoms with Crippen molar-refractivity contribution >= 4 is 27.7 Å². The lowest BCUT2D eigenvalue weighted by Crippen LogP contribution is -2.51. The predicted octanol–water partition coefficient (Wildman–Crippen LogP) is 2.15. The number of nitrogens with zero attached hydrogens (tertiary/aromatic N) is 2. The summed E-state index contributed by atoms with van der Waals surface area (Å²) in [5, 5.41) is 2.71. The van der Waals surface area contributed by atoms with Crippen molar-refractivity contribution in [3.05, 3.63) is 65.7 Å².